The van der Waals surface area contributed by atoms with Crippen molar-refractivity contribution in [2.24, 2.45) is 16.6 Å². The molecule has 0 fully saturated rings. The molecule has 1 heterocycles. The summed E-state index contributed by atoms with van der Waals surface area (Å²) in [6, 6.07) is 7.12. The van der Waals surface area contributed by atoms with Crippen LogP contribution in [-0.4, -0.2) is 21.6 Å². The molecule has 0 unspecified atom stereocenters. The number of imide groups is 1. The van der Waals surface area contributed by atoms with Gasteiger partial charge in [-0.3, -0.25) is 10.1 Å². The number of nitrogens with zero attached hydrogens (tertiary/aromatic N) is 1. The lowest BCUT2D eigenvalue weighted by atomic mass is 10.1. The molecular formula is C14H17N3O2S2. The van der Waals surface area contributed by atoms with E-state index >= 15 is 0 Å². The molecule has 21 heavy (non-hydrogen) atoms. The smallest absolute Gasteiger partial charge is 0.318 e. The van der Waals surface area contributed by atoms with E-state index in [-0.39, 0.29) is 11.8 Å². The van der Waals surface area contributed by atoms with Crippen molar-refractivity contribution in [1.82, 2.24) is 5.32 Å². The lowest BCUT2D eigenvalue weighted by Crippen LogP contribution is -2.42. The van der Waals surface area contributed by atoms with E-state index in [4.69, 9.17) is 5.73 Å². The first-order valence-electron chi connectivity index (χ1n) is 6.53. The third-order valence-corrected chi connectivity index (χ3v) is 5.63. The summed E-state index contributed by atoms with van der Waals surface area (Å²) in [6.45, 7) is 3.86. The van der Waals surface area contributed by atoms with E-state index < -0.39 is 11.3 Å². The SMILES string of the molecule is CC(C)[C@@H](SC1=Nc2ccccc2CS1)C(=O)NC(N)=O. The lowest BCUT2D eigenvalue weighted by molar-refractivity contribution is -0.120. The van der Waals surface area contributed by atoms with Crippen LogP contribution in [0.4, 0.5) is 10.5 Å². The third kappa shape index (κ3) is 4.25. The zero-order valence-electron chi connectivity index (χ0n) is 11.8. The molecule has 3 amide bonds. The van der Waals surface area contributed by atoms with E-state index in [0.29, 0.717) is 0 Å². The summed E-state index contributed by atoms with van der Waals surface area (Å²) in [5.41, 5.74) is 7.14. The average molecular weight is 323 g/mol. The Bertz CT molecular complexity index is 587. The summed E-state index contributed by atoms with van der Waals surface area (Å²) in [7, 11) is 0. The second kappa shape index (κ2) is 7.00. The number of carbonyl (C=O) groups is 2. The Morgan fingerprint density at radius 2 is 2.10 bits per heavy atom. The molecule has 0 aromatic heterocycles. The number of amides is 3. The fourth-order valence-corrected chi connectivity index (χ4v) is 4.12. The maximum atomic E-state index is 12.0. The third-order valence-electron chi connectivity index (χ3n) is 2.89. The van der Waals surface area contributed by atoms with Crippen molar-refractivity contribution in [1.29, 1.82) is 0 Å². The van der Waals surface area contributed by atoms with Crippen LogP contribution in [-0.2, 0) is 10.5 Å². The number of primary amides is 1. The molecule has 5 nitrogen and oxygen atoms in total. The zero-order valence-corrected chi connectivity index (χ0v) is 13.5. The van der Waals surface area contributed by atoms with E-state index in [1.165, 1.54) is 17.3 Å². The number of hydrogen-bond donors (Lipinski definition) is 2. The van der Waals surface area contributed by atoms with E-state index in [9.17, 15) is 9.59 Å². The van der Waals surface area contributed by atoms with Crippen LogP contribution in [0.5, 0.6) is 0 Å². The van der Waals surface area contributed by atoms with Crippen molar-refractivity contribution >= 4 is 45.5 Å². The highest BCUT2D eigenvalue weighted by Crippen LogP contribution is 2.37. The lowest BCUT2D eigenvalue weighted by Gasteiger charge is -2.21. The minimum absolute atomic E-state index is 0.0646. The Balaban J connectivity index is 2.13. The standard InChI is InChI=1S/C14H17N3O2S2/c1-8(2)11(12(18)17-13(15)19)21-14-16-10-6-4-3-5-9(10)7-20-14/h3-6,8,11H,7H2,1-2H3,(H3,15,17,18,19)/t11-/m1/s1. The van der Waals surface area contributed by atoms with Crippen LogP contribution in [0.2, 0.25) is 0 Å². The quantitative estimate of drug-likeness (QED) is 0.896. The van der Waals surface area contributed by atoms with E-state index in [2.05, 4.69) is 10.3 Å². The fourth-order valence-electron chi connectivity index (χ4n) is 1.87. The van der Waals surface area contributed by atoms with Gasteiger partial charge in [0.15, 0.2) is 0 Å². The number of aliphatic imine (C=N–C) groups is 1. The predicted molar refractivity (Wildman–Crippen MR) is 88.8 cm³/mol. The van der Waals surface area contributed by atoms with E-state index in [1.807, 2.05) is 38.1 Å². The van der Waals surface area contributed by atoms with Crippen LogP contribution in [0.3, 0.4) is 0 Å². The van der Waals surface area contributed by atoms with Gasteiger partial charge in [-0.25, -0.2) is 9.79 Å². The summed E-state index contributed by atoms with van der Waals surface area (Å²) in [6.07, 6.45) is 0. The summed E-state index contributed by atoms with van der Waals surface area (Å²) < 4.78 is 0.840. The molecule has 1 aromatic rings. The van der Waals surface area contributed by atoms with Gasteiger partial charge in [0.25, 0.3) is 0 Å². The summed E-state index contributed by atoms with van der Waals surface area (Å²) in [4.78, 5) is 27.4. The molecule has 1 aromatic carbocycles. The van der Waals surface area contributed by atoms with E-state index in [0.717, 1.165) is 15.8 Å². The maximum Gasteiger partial charge on any atom is 0.318 e. The Morgan fingerprint density at radius 3 is 2.76 bits per heavy atom. The first-order chi connectivity index (χ1) is 9.97. The van der Waals surface area contributed by atoms with Gasteiger partial charge < -0.3 is 5.73 Å². The van der Waals surface area contributed by atoms with Gasteiger partial charge in [-0.1, -0.05) is 55.6 Å². The van der Waals surface area contributed by atoms with Crippen LogP contribution in [0.25, 0.3) is 0 Å². The van der Waals surface area contributed by atoms with Crippen molar-refractivity contribution in [2.75, 3.05) is 0 Å². The molecule has 2 rings (SSSR count). The Hall–Kier alpha value is -1.47. The molecule has 0 spiro atoms. The number of hydrogen-bond acceptors (Lipinski definition) is 5. The summed E-state index contributed by atoms with van der Waals surface area (Å²) in [5, 5.41) is 1.75. The molecule has 0 saturated carbocycles. The van der Waals surface area contributed by atoms with Crippen molar-refractivity contribution in [2.45, 2.75) is 24.9 Å². The number of benzene rings is 1. The predicted octanol–water partition coefficient (Wildman–Crippen LogP) is 2.87. The number of carbonyl (C=O) groups excluding carboxylic acids is 2. The minimum Gasteiger partial charge on any atom is -0.351 e. The highest BCUT2D eigenvalue weighted by atomic mass is 32.2. The number of rotatable bonds is 3. The number of urea groups is 1. The van der Waals surface area contributed by atoms with Gasteiger partial charge in [-0.05, 0) is 17.5 Å². The number of nitrogens with one attached hydrogen (secondary N) is 1. The molecule has 1 aliphatic rings. The normalized spacial score (nSPS) is 15.1. The summed E-state index contributed by atoms with van der Waals surface area (Å²) in [5.74, 6) is 0.532. The van der Waals surface area contributed by atoms with Crippen LogP contribution in [0.15, 0.2) is 29.3 Å². The second-order valence-corrected chi connectivity index (χ2v) is 7.28. The van der Waals surface area contributed by atoms with Crippen molar-refractivity contribution < 1.29 is 9.59 Å². The average Bonchev–Trinajstić information content (AvgIpc) is 2.43. The summed E-state index contributed by atoms with van der Waals surface area (Å²) >= 11 is 2.99. The highest BCUT2D eigenvalue weighted by molar-refractivity contribution is 8.39. The molecule has 0 radical (unpaired) electrons. The van der Waals surface area contributed by atoms with Gasteiger partial charge in [0.05, 0.1) is 10.9 Å². The van der Waals surface area contributed by atoms with Gasteiger partial charge in [0.2, 0.25) is 5.91 Å². The molecule has 0 bridgehead atoms. The first kappa shape index (κ1) is 15.9. The largest absolute Gasteiger partial charge is 0.351 e. The Kier molecular flexibility index (Phi) is 5.30. The second-order valence-electron chi connectivity index (χ2n) is 4.93. The van der Waals surface area contributed by atoms with Gasteiger partial charge in [0, 0.05) is 5.75 Å². The van der Waals surface area contributed by atoms with E-state index in [1.54, 1.807) is 11.8 Å². The number of thioether (sulfide) groups is 2. The van der Waals surface area contributed by atoms with Crippen LogP contribution < -0.4 is 11.1 Å². The highest BCUT2D eigenvalue weighted by Gasteiger charge is 2.27. The molecule has 7 heteroatoms. The Morgan fingerprint density at radius 1 is 1.38 bits per heavy atom. The number of nitrogens with two attached hydrogens (primary N) is 1. The number of para-hydroxylation sites is 1. The Labute approximate surface area is 132 Å². The molecule has 112 valence electrons. The maximum absolute atomic E-state index is 12.0. The minimum atomic E-state index is -0.824. The van der Waals surface area contributed by atoms with Gasteiger partial charge in [0.1, 0.15) is 4.38 Å². The van der Waals surface area contributed by atoms with Crippen LogP contribution >= 0.6 is 23.5 Å². The molecule has 3 N–H and O–H groups in total. The molecule has 1 aliphatic heterocycles. The molecule has 0 saturated heterocycles. The van der Waals surface area contributed by atoms with Crippen molar-refractivity contribution in [3.63, 3.8) is 0 Å². The number of fused-ring (bicyclic) bond motifs is 1. The monoisotopic (exact) mass is 323 g/mol. The van der Waals surface area contributed by atoms with Crippen molar-refractivity contribution in [3.05, 3.63) is 29.8 Å². The van der Waals surface area contributed by atoms with Gasteiger partial charge >= 0.3 is 6.03 Å². The molecule has 0 aliphatic carbocycles. The van der Waals surface area contributed by atoms with Crippen LogP contribution in [0.1, 0.15) is 19.4 Å². The molecule has 1 atom stereocenters. The van der Waals surface area contributed by atoms with Crippen LogP contribution in [0, 0.1) is 5.92 Å². The van der Waals surface area contributed by atoms with Gasteiger partial charge in [-0.2, -0.15) is 0 Å². The first-order valence-corrected chi connectivity index (χ1v) is 8.40. The van der Waals surface area contributed by atoms with Crippen molar-refractivity contribution in [3.8, 4) is 0 Å². The van der Waals surface area contributed by atoms with Gasteiger partial charge in [-0.15, -0.1) is 0 Å². The molecular weight excluding hydrogens is 306 g/mol. The topological polar surface area (TPSA) is 84.6 Å². The zero-order chi connectivity index (χ0) is 15.4. The fraction of sp³-hybridized carbons (Fsp3) is 0.357.